The van der Waals surface area contributed by atoms with E-state index in [1.807, 2.05) is 6.08 Å². The lowest BCUT2D eigenvalue weighted by molar-refractivity contribution is -0.116. The second-order valence-corrected chi connectivity index (χ2v) is 7.99. The van der Waals surface area contributed by atoms with Crippen LogP contribution < -0.4 is 5.32 Å². The Labute approximate surface area is 128 Å². The van der Waals surface area contributed by atoms with Gasteiger partial charge in [0.1, 0.15) is 0 Å². The molecular formula is C15H28N2O3S. The maximum absolute atomic E-state index is 11.7. The van der Waals surface area contributed by atoms with Gasteiger partial charge in [-0.25, -0.2) is 12.7 Å². The monoisotopic (exact) mass is 316 g/mol. The quantitative estimate of drug-likeness (QED) is 0.549. The minimum atomic E-state index is -3.12. The van der Waals surface area contributed by atoms with Gasteiger partial charge in [0.05, 0.1) is 5.75 Å². The fourth-order valence-electron chi connectivity index (χ4n) is 2.48. The Balaban J connectivity index is 2.17. The minimum absolute atomic E-state index is 0.0819. The molecule has 0 radical (unpaired) electrons. The molecule has 21 heavy (non-hydrogen) atoms. The molecule has 5 nitrogen and oxygen atoms in total. The maximum Gasteiger partial charge on any atom is 0.243 e. The van der Waals surface area contributed by atoms with Crippen molar-refractivity contribution >= 4 is 15.9 Å². The highest BCUT2D eigenvalue weighted by atomic mass is 32.2. The summed E-state index contributed by atoms with van der Waals surface area (Å²) in [5, 5.41) is 2.80. The van der Waals surface area contributed by atoms with Gasteiger partial charge in [-0.3, -0.25) is 4.79 Å². The minimum Gasteiger partial charge on any atom is -0.353 e. The zero-order valence-corrected chi connectivity index (χ0v) is 14.0. The van der Waals surface area contributed by atoms with Gasteiger partial charge in [-0.2, -0.15) is 0 Å². The lowest BCUT2D eigenvalue weighted by Gasteiger charge is -2.17. The number of nitrogens with zero attached hydrogens (tertiary/aromatic N) is 1. The molecule has 0 aliphatic heterocycles. The third-order valence-corrected chi connectivity index (χ3v) is 5.82. The van der Waals surface area contributed by atoms with Crippen LogP contribution >= 0.6 is 0 Å². The highest BCUT2D eigenvalue weighted by Gasteiger charge is 2.14. The molecule has 0 aromatic rings. The van der Waals surface area contributed by atoms with E-state index >= 15 is 0 Å². The van der Waals surface area contributed by atoms with Crippen LogP contribution in [0.4, 0.5) is 0 Å². The van der Waals surface area contributed by atoms with Crippen molar-refractivity contribution in [2.24, 2.45) is 5.92 Å². The fourth-order valence-corrected chi connectivity index (χ4v) is 3.33. The van der Waals surface area contributed by atoms with E-state index in [1.165, 1.54) is 36.4 Å². The Bertz CT molecular complexity index is 440. The molecule has 1 fully saturated rings. The number of sulfonamides is 1. The van der Waals surface area contributed by atoms with Crippen LogP contribution in [0.25, 0.3) is 0 Å². The summed E-state index contributed by atoms with van der Waals surface area (Å²) in [4.78, 5) is 11.7. The predicted molar refractivity (Wildman–Crippen MR) is 85.4 cm³/mol. The third-order valence-electron chi connectivity index (χ3n) is 3.96. The van der Waals surface area contributed by atoms with Crippen LogP contribution in [0.2, 0.25) is 0 Å². The first-order valence-electron chi connectivity index (χ1n) is 7.85. The molecule has 1 saturated carbocycles. The van der Waals surface area contributed by atoms with Crippen molar-refractivity contribution in [3.63, 3.8) is 0 Å². The lowest BCUT2D eigenvalue weighted by Crippen LogP contribution is -2.32. The Morgan fingerprint density at radius 3 is 2.57 bits per heavy atom. The Morgan fingerprint density at radius 2 is 1.95 bits per heavy atom. The molecule has 0 heterocycles. The molecule has 1 rings (SSSR count). The molecule has 0 bridgehead atoms. The van der Waals surface area contributed by atoms with Gasteiger partial charge in [-0.05, 0) is 38.2 Å². The summed E-state index contributed by atoms with van der Waals surface area (Å²) in [6.45, 7) is 2.56. The van der Waals surface area contributed by atoms with Crippen LogP contribution in [0.3, 0.4) is 0 Å². The molecule has 0 unspecified atom stereocenters. The first-order chi connectivity index (χ1) is 9.95. The van der Waals surface area contributed by atoms with E-state index in [4.69, 9.17) is 0 Å². The number of hydrogen-bond acceptors (Lipinski definition) is 3. The van der Waals surface area contributed by atoms with E-state index in [2.05, 4.69) is 5.32 Å². The van der Waals surface area contributed by atoms with Gasteiger partial charge >= 0.3 is 0 Å². The zero-order valence-electron chi connectivity index (χ0n) is 13.2. The summed E-state index contributed by atoms with van der Waals surface area (Å²) in [6, 6.07) is 0. The second kappa shape index (κ2) is 9.20. The highest BCUT2D eigenvalue weighted by Crippen LogP contribution is 2.24. The average molecular weight is 316 g/mol. The molecular weight excluding hydrogens is 288 g/mol. The van der Waals surface area contributed by atoms with Crippen molar-refractivity contribution in [1.29, 1.82) is 0 Å². The van der Waals surface area contributed by atoms with Crippen LogP contribution in [-0.2, 0) is 14.8 Å². The lowest BCUT2D eigenvalue weighted by atomic mass is 9.89. The summed E-state index contributed by atoms with van der Waals surface area (Å²) >= 11 is 0. The topological polar surface area (TPSA) is 66.5 Å². The average Bonchev–Trinajstić information content (AvgIpc) is 2.50. The molecule has 6 heteroatoms. The molecule has 0 aromatic carbocycles. The van der Waals surface area contributed by atoms with Crippen LogP contribution in [0.15, 0.2) is 12.2 Å². The second-order valence-electron chi connectivity index (χ2n) is 5.62. The van der Waals surface area contributed by atoms with Crippen LogP contribution in [-0.4, -0.2) is 44.5 Å². The molecule has 0 atom stereocenters. The van der Waals surface area contributed by atoms with Crippen molar-refractivity contribution in [1.82, 2.24) is 9.62 Å². The largest absolute Gasteiger partial charge is 0.353 e. The zero-order chi connectivity index (χ0) is 15.7. The van der Waals surface area contributed by atoms with Crippen LogP contribution in [0.5, 0.6) is 0 Å². The predicted octanol–water partition coefficient (Wildman–Crippen LogP) is 1.91. The van der Waals surface area contributed by atoms with Gasteiger partial charge in [0.15, 0.2) is 0 Å². The SMILES string of the molecule is CCS(=O)(=O)N(C)CCCNC(=O)/C=C/C1CCCCC1. The van der Waals surface area contributed by atoms with E-state index in [0.717, 1.165) is 0 Å². The number of hydrogen-bond donors (Lipinski definition) is 1. The molecule has 1 aliphatic carbocycles. The highest BCUT2D eigenvalue weighted by molar-refractivity contribution is 7.89. The number of carbonyl (C=O) groups excluding carboxylic acids is 1. The standard InChI is InChI=1S/C15H28N2O3S/c1-3-21(19,20)17(2)13-7-12-16-15(18)11-10-14-8-5-4-6-9-14/h10-11,14H,3-9,12-13H2,1-2H3,(H,16,18)/b11-10+. The molecule has 122 valence electrons. The normalized spacial score (nSPS) is 17.5. The van der Waals surface area contributed by atoms with Gasteiger partial charge in [-0.15, -0.1) is 0 Å². The Hall–Kier alpha value is -0.880. The third kappa shape index (κ3) is 7.09. The smallest absolute Gasteiger partial charge is 0.243 e. The van der Waals surface area contributed by atoms with E-state index < -0.39 is 10.0 Å². The summed E-state index contributed by atoms with van der Waals surface area (Å²) in [7, 11) is -1.54. The summed E-state index contributed by atoms with van der Waals surface area (Å²) in [5.74, 6) is 0.576. The number of rotatable bonds is 8. The molecule has 0 aromatic heterocycles. The van der Waals surface area contributed by atoms with Crippen molar-refractivity contribution in [2.75, 3.05) is 25.9 Å². The van der Waals surface area contributed by atoms with Gasteiger partial charge in [0.2, 0.25) is 15.9 Å². The van der Waals surface area contributed by atoms with E-state index in [9.17, 15) is 13.2 Å². The molecule has 1 aliphatic rings. The van der Waals surface area contributed by atoms with E-state index in [1.54, 1.807) is 20.0 Å². The Kier molecular flexibility index (Phi) is 7.96. The number of carbonyl (C=O) groups is 1. The maximum atomic E-state index is 11.7. The van der Waals surface area contributed by atoms with Crippen molar-refractivity contribution in [3.05, 3.63) is 12.2 Å². The van der Waals surface area contributed by atoms with Crippen molar-refractivity contribution in [3.8, 4) is 0 Å². The van der Waals surface area contributed by atoms with Gasteiger partial charge in [0, 0.05) is 20.1 Å². The molecule has 0 spiro atoms. The van der Waals surface area contributed by atoms with E-state index in [-0.39, 0.29) is 11.7 Å². The number of amides is 1. The van der Waals surface area contributed by atoms with E-state index in [0.29, 0.717) is 25.4 Å². The molecule has 1 amide bonds. The summed E-state index contributed by atoms with van der Waals surface area (Å²) < 4.78 is 24.4. The summed E-state index contributed by atoms with van der Waals surface area (Å²) in [5.41, 5.74) is 0. The van der Waals surface area contributed by atoms with Crippen LogP contribution in [0, 0.1) is 5.92 Å². The fraction of sp³-hybridized carbons (Fsp3) is 0.800. The van der Waals surface area contributed by atoms with Gasteiger partial charge < -0.3 is 5.32 Å². The van der Waals surface area contributed by atoms with Crippen molar-refractivity contribution < 1.29 is 13.2 Å². The van der Waals surface area contributed by atoms with Crippen LogP contribution in [0.1, 0.15) is 45.4 Å². The molecule has 1 N–H and O–H groups in total. The number of nitrogens with one attached hydrogen (secondary N) is 1. The Morgan fingerprint density at radius 1 is 1.29 bits per heavy atom. The van der Waals surface area contributed by atoms with Gasteiger partial charge in [0.25, 0.3) is 0 Å². The van der Waals surface area contributed by atoms with Crippen molar-refractivity contribution in [2.45, 2.75) is 45.4 Å². The summed E-state index contributed by atoms with van der Waals surface area (Å²) in [6.07, 6.45) is 10.5. The first-order valence-corrected chi connectivity index (χ1v) is 9.46. The molecule has 0 saturated heterocycles. The van der Waals surface area contributed by atoms with Gasteiger partial charge in [-0.1, -0.05) is 25.3 Å². The first kappa shape index (κ1) is 18.2. The number of allylic oxidation sites excluding steroid dienone is 1.